The molecule has 0 spiro atoms. The van der Waals surface area contributed by atoms with Gasteiger partial charge >= 0.3 is 0 Å². The van der Waals surface area contributed by atoms with Crippen molar-refractivity contribution in [2.24, 2.45) is 0 Å². The molecule has 1 aromatic heterocycles. The van der Waals surface area contributed by atoms with Gasteiger partial charge in [-0.2, -0.15) is 0 Å². The largest absolute Gasteiger partial charge is 0.347 e. The monoisotopic (exact) mass is 294 g/mol. The maximum Gasteiger partial charge on any atom is 0.216 e. The molecule has 0 aliphatic rings. The zero-order valence-corrected chi connectivity index (χ0v) is 12.1. The van der Waals surface area contributed by atoms with Crippen LogP contribution in [-0.4, -0.2) is 25.4 Å². The Labute approximate surface area is 118 Å². The average molecular weight is 294 g/mol. The fourth-order valence-electron chi connectivity index (χ4n) is 1.80. The minimum absolute atomic E-state index is 0.0342. The number of hydrogen-bond donors (Lipinski definition) is 3. The number of hydrogen-bond acceptors (Lipinski definition) is 4. The Hall–Kier alpha value is -1.70. The zero-order chi connectivity index (χ0) is 14.4. The van der Waals surface area contributed by atoms with Crippen LogP contribution >= 0.6 is 0 Å². The number of benzene rings is 1. The van der Waals surface area contributed by atoms with E-state index in [-0.39, 0.29) is 12.3 Å². The first-order valence-electron chi connectivity index (χ1n) is 6.27. The topological polar surface area (TPSA) is 86.9 Å². The summed E-state index contributed by atoms with van der Waals surface area (Å²) < 4.78 is 26.4. The van der Waals surface area contributed by atoms with E-state index in [4.69, 9.17) is 0 Å². The quantitative estimate of drug-likeness (QED) is 0.703. The van der Waals surface area contributed by atoms with Gasteiger partial charge in [-0.1, -0.05) is 24.3 Å². The van der Waals surface area contributed by atoms with Crippen molar-refractivity contribution in [2.75, 3.05) is 7.05 Å². The molecule has 20 heavy (non-hydrogen) atoms. The molecule has 0 unspecified atom stereocenters. The Morgan fingerprint density at radius 2 is 1.85 bits per heavy atom. The molecule has 0 amide bonds. The third-order valence-corrected chi connectivity index (χ3v) is 4.07. The van der Waals surface area contributed by atoms with Crippen molar-refractivity contribution >= 4 is 10.0 Å². The van der Waals surface area contributed by atoms with Gasteiger partial charge in [-0.3, -0.25) is 0 Å². The van der Waals surface area contributed by atoms with Gasteiger partial charge in [0.15, 0.2) is 0 Å². The molecule has 7 heteroatoms. The molecule has 0 saturated carbocycles. The average Bonchev–Trinajstić information content (AvgIpc) is 2.92. The molecule has 0 saturated heterocycles. The fourth-order valence-corrected chi connectivity index (χ4v) is 2.89. The number of imidazole rings is 1. The lowest BCUT2D eigenvalue weighted by atomic mass is 10.1. The molecule has 6 nitrogen and oxygen atoms in total. The molecular weight excluding hydrogens is 276 g/mol. The second kappa shape index (κ2) is 6.65. The zero-order valence-electron chi connectivity index (χ0n) is 11.3. The summed E-state index contributed by atoms with van der Waals surface area (Å²) in [5.41, 5.74) is 1.88. The second-order valence-corrected chi connectivity index (χ2v) is 6.27. The lowest BCUT2D eigenvalue weighted by Gasteiger charge is -2.06. The van der Waals surface area contributed by atoms with Crippen LogP contribution in [0.4, 0.5) is 0 Å². The molecule has 0 bridgehead atoms. The van der Waals surface area contributed by atoms with E-state index < -0.39 is 10.0 Å². The Kier molecular flexibility index (Phi) is 4.89. The predicted octanol–water partition coefficient (Wildman–Crippen LogP) is 0.749. The molecule has 0 aliphatic heterocycles. The van der Waals surface area contributed by atoms with Crippen LogP contribution in [0.1, 0.15) is 17.0 Å². The summed E-state index contributed by atoms with van der Waals surface area (Å²) >= 11 is 0. The SMILES string of the molecule is CNCc1ccc(CS(=O)(=O)NCc2ncc[nH]2)cc1. The number of rotatable bonds is 7. The highest BCUT2D eigenvalue weighted by Gasteiger charge is 2.11. The molecule has 0 fully saturated rings. The van der Waals surface area contributed by atoms with Crippen molar-refractivity contribution in [3.8, 4) is 0 Å². The van der Waals surface area contributed by atoms with Gasteiger partial charge in [0, 0.05) is 18.9 Å². The number of aromatic nitrogens is 2. The number of nitrogens with one attached hydrogen (secondary N) is 3. The normalized spacial score (nSPS) is 11.7. The van der Waals surface area contributed by atoms with Crippen LogP contribution in [0.5, 0.6) is 0 Å². The maximum atomic E-state index is 11.9. The van der Waals surface area contributed by atoms with Crippen molar-refractivity contribution in [3.05, 3.63) is 53.6 Å². The minimum atomic E-state index is -3.36. The van der Waals surface area contributed by atoms with Crippen LogP contribution in [0.25, 0.3) is 0 Å². The third kappa shape index (κ3) is 4.44. The number of aromatic amines is 1. The second-order valence-electron chi connectivity index (χ2n) is 4.46. The Morgan fingerprint density at radius 3 is 2.45 bits per heavy atom. The fraction of sp³-hybridized carbons (Fsp3) is 0.308. The van der Waals surface area contributed by atoms with Gasteiger partial charge in [0.25, 0.3) is 0 Å². The number of nitrogens with zero attached hydrogens (tertiary/aromatic N) is 1. The molecule has 0 aliphatic carbocycles. The van der Waals surface area contributed by atoms with E-state index >= 15 is 0 Å². The highest BCUT2D eigenvalue weighted by atomic mass is 32.2. The minimum Gasteiger partial charge on any atom is -0.347 e. The molecule has 2 aromatic rings. The highest BCUT2D eigenvalue weighted by molar-refractivity contribution is 7.88. The summed E-state index contributed by atoms with van der Waals surface area (Å²) in [5, 5.41) is 3.05. The molecule has 108 valence electrons. The first kappa shape index (κ1) is 14.7. The third-order valence-electron chi connectivity index (χ3n) is 2.77. The van der Waals surface area contributed by atoms with Crippen LogP contribution in [-0.2, 0) is 28.9 Å². The van der Waals surface area contributed by atoms with Gasteiger partial charge in [-0.15, -0.1) is 0 Å². The molecule has 1 heterocycles. The highest BCUT2D eigenvalue weighted by Crippen LogP contribution is 2.08. The number of H-pyrrole nitrogens is 1. The molecule has 0 radical (unpaired) electrons. The van der Waals surface area contributed by atoms with Crippen LogP contribution in [0.15, 0.2) is 36.7 Å². The van der Waals surface area contributed by atoms with Crippen LogP contribution in [0.3, 0.4) is 0 Å². The van der Waals surface area contributed by atoms with Crippen LogP contribution < -0.4 is 10.0 Å². The Morgan fingerprint density at radius 1 is 1.15 bits per heavy atom. The van der Waals surface area contributed by atoms with E-state index in [9.17, 15) is 8.42 Å². The van der Waals surface area contributed by atoms with Crippen LogP contribution in [0, 0.1) is 0 Å². The summed E-state index contributed by atoms with van der Waals surface area (Å²) in [6, 6.07) is 7.51. The summed E-state index contributed by atoms with van der Waals surface area (Å²) in [6.07, 6.45) is 3.24. The van der Waals surface area contributed by atoms with Crippen molar-refractivity contribution in [3.63, 3.8) is 0 Å². The van der Waals surface area contributed by atoms with E-state index in [1.54, 1.807) is 12.4 Å². The molecule has 1 aromatic carbocycles. The summed E-state index contributed by atoms with van der Waals surface area (Å²) in [6.45, 7) is 0.941. The van der Waals surface area contributed by atoms with Crippen molar-refractivity contribution < 1.29 is 8.42 Å². The van der Waals surface area contributed by atoms with Gasteiger partial charge in [-0.05, 0) is 18.2 Å². The van der Waals surface area contributed by atoms with Crippen molar-refractivity contribution in [2.45, 2.75) is 18.8 Å². The summed E-state index contributed by atoms with van der Waals surface area (Å²) in [7, 11) is -1.49. The molecule has 2 rings (SSSR count). The van der Waals surface area contributed by atoms with E-state index in [2.05, 4.69) is 20.0 Å². The lowest BCUT2D eigenvalue weighted by molar-refractivity contribution is 0.578. The van der Waals surface area contributed by atoms with Crippen molar-refractivity contribution in [1.82, 2.24) is 20.0 Å². The number of sulfonamides is 1. The van der Waals surface area contributed by atoms with E-state index in [0.717, 1.165) is 17.7 Å². The van der Waals surface area contributed by atoms with Crippen LogP contribution in [0.2, 0.25) is 0 Å². The smallest absolute Gasteiger partial charge is 0.216 e. The lowest BCUT2D eigenvalue weighted by Crippen LogP contribution is -2.25. The standard InChI is InChI=1S/C13H18N4O2S/c1-14-8-11-2-4-12(5-3-11)10-20(18,19)17-9-13-15-6-7-16-13/h2-7,14,17H,8-10H2,1H3,(H,15,16). The predicted molar refractivity (Wildman–Crippen MR) is 77.3 cm³/mol. The van der Waals surface area contributed by atoms with Crippen molar-refractivity contribution in [1.29, 1.82) is 0 Å². The first-order chi connectivity index (χ1) is 9.59. The van der Waals surface area contributed by atoms with Gasteiger partial charge in [0.2, 0.25) is 10.0 Å². The van der Waals surface area contributed by atoms with Gasteiger partial charge in [0.05, 0.1) is 12.3 Å². The Bertz CT molecular complexity index is 621. The summed E-state index contributed by atoms with van der Waals surface area (Å²) in [4.78, 5) is 6.82. The van der Waals surface area contributed by atoms with E-state index in [0.29, 0.717) is 5.82 Å². The summed E-state index contributed by atoms with van der Waals surface area (Å²) in [5.74, 6) is 0.561. The Balaban J connectivity index is 1.93. The van der Waals surface area contributed by atoms with Gasteiger partial charge in [-0.25, -0.2) is 18.1 Å². The molecule has 3 N–H and O–H groups in total. The van der Waals surface area contributed by atoms with Gasteiger partial charge < -0.3 is 10.3 Å². The van der Waals surface area contributed by atoms with Gasteiger partial charge in [0.1, 0.15) is 5.82 Å². The van der Waals surface area contributed by atoms with E-state index in [1.165, 1.54) is 0 Å². The molecular formula is C13H18N4O2S. The molecule has 0 atom stereocenters. The maximum absolute atomic E-state index is 11.9. The van der Waals surface area contributed by atoms with E-state index in [1.807, 2.05) is 31.3 Å². The first-order valence-corrected chi connectivity index (χ1v) is 7.92.